The quantitative estimate of drug-likeness (QED) is 0.715. The van der Waals surface area contributed by atoms with E-state index in [9.17, 15) is 0 Å². The molecule has 0 bridgehead atoms. The van der Waals surface area contributed by atoms with Gasteiger partial charge in [-0.1, -0.05) is 31.1 Å². The van der Waals surface area contributed by atoms with Crippen LogP contribution in [0.3, 0.4) is 0 Å². The van der Waals surface area contributed by atoms with Crippen LogP contribution in [0.5, 0.6) is 0 Å². The molecule has 0 saturated carbocycles. The van der Waals surface area contributed by atoms with Gasteiger partial charge < -0.3 is 9.09 Å². The van der Waals surface area contributed by atoms with Crippen molar-refractivity contribution in [2.45, 2.75) is 39.7 Å². The van der Waals surface area contributed by atoms with Crippen LogP contribution in [0.15, 0.2) is 28.8 Å². The second kappa shape index (κ2) is 5.45. The van der Waals surface area contributed by atoms with Crippen molar-refractivity contribution in [2.24, 2.45) is 0 Å². The van der Waals surface area contributed by atoms with E-state index in [1.165, 1.54) is 0 Å². The Balaban J connectivity index is 1.96. The van der Waals surface area contributed by atoms with Crippen molar-refractivity contribution in [3.63, 3.8) is 0 Å². The summed E-state index contributed by atoms with van der Waals surface area (Å²) in [5.74, 6) is 2.47. The molecular formula is C15H18N4O. The first-order valence-corrected chi connectivity index (χ1v) is 7.07. The third-order valence-electron chi connectivity index (χ3n) is 3.33. The Morgan fingerprint density at radius 2 is 2.00 bits per heavy atom. The summed E-state index contributed by atoms with van der Waals surface area (Å²) in [4.78, 5) is 9.07. The van der Waals surface area contributed by atoms with Crippen LogP contribution in [0.4, 0.5) is 0 Å². The Hall–Kier alpha value is -2.17. The lowest BCUT2D eigenvalue weighted by molar-refractivity contribution is 0.366. The molecule has 20 heavy (non-hydrogen) atoms. The lowest BCUT2D eigenvalue weighted by Crippen LogP contribution is -2.04. The molecule has 0 aliphatic rings. The Morgan fingerprint density at radius 3 is 2.80 bits per heavy atom. The van der Waals surface area contributed by atoms with E-state index in [0.717, 1.165) is 41.9 Å². The highest BCUT2D eigenvalue weighted by Gasteiger charge is 2.12. The van der Waals surface area contributed by atoms with Gasteiger partial charge in [0.1, 0.15) is 12.4 Å². The summed E-state index contributed by atoms with van der Waals surface area (Å²) in [6.07, 6.45) is 2.76. The SMILES string of the molecule is CCCc1noc(Cn2c(CC)nc3ccccc32)n1. The van der Waals surface area contributed by atoms with Gasteiger partial charge in [-0.05, 0) is 18.6 Å². The van der Waals surface area contributed by atoms with E-state index in [1.54, 1.807) is 0 Å². The number of aryl methyl sites for hydroxylation is 2. The number of rotatable bonds is 5. The lowest BCUT2D eigenvalue weighted by Gasteiger charge is -2.04. The van der Waals surface area contributed by atoms with Crippen LogP contribution in [0.25, 0.3) is 11.0 Å². The first-order valence-electron chi connectivity index (χ1n) is 7.07. The minimum Gasteiger partial charge on any atom is -0.337 e. The molecule has 0 saturated heterocycles. The summed E-state index contributed by atoms with van der Waals surface area (Å²) in [5.41, 5.74) is 2.12. The van der Waals surface area contributed by atoms with Crippen molar-refractivity contribution in [1.82, 2.24) is 19.7 Å². The van der Waals surface area contributed by atoms with Crippen molar-refractivity contribution >= 4 is 11.0 Å². The van der Waals surface area contributed by atoms with Crippen LogP contribution in [0, 0.1) is 0 Å². The third kappa shape index (κ3) is 2.31. The number of aromatic nitrogens is 4. The number of benzene rings is 1. The van der Waals surface area contributed by atoms with Gasteiger partial charge in [-0.15, -0.1) is 0 Å². The molecule has 0 radical (unpaired) electrons. The highest BCUT2D eigenvalue weighted by atomic mass is 16.5. The second-order valence-corrected chi connectivity index (χ2v) is 4.81. The molecule has 0 spiro atoms. The number of hydrogen-bond acceptors (Lipinski definition) is 4. The standard InChI is InChI=1S/C15H18N4O/c1-3-7-13-17-15(20-18-13)10-19-12-9-6-5-8-11(12)16-14(19)4-2/h5-6,8-9H,3-4,7,10H2,1-2H3. The summed E-state index contributed by atoms with van der Waals surface area (Å²) >= 11 is 0. The maximum atomic E-state index is 5.33. The molecule has 0 atom stereocenters. The molecule has 3 aromatic rings. The summed E-state index contributed by atoms with van der Waals surface area (Å²) in [5, 5.41) is 4.00. The van der Waals surface area contributed by atoms with Gasteiger partial charge in [-0.2, -0.15) is 4.98 Å². The number of para-hydroxylation sites is 2. The summed E-state index contributed by atoms with van der Waals surface area (Å²) in [6, 6.07) is 8.13. The molecule has 2 aromatic heterocycles. The maximum Gasteiger partial charge on any atom is 0.246 e. The molecule has 0 unspecified atom stereocenters. The molecule has 0 aliphatic carbocycles. The summed E-state index contributed by atoms with van der Waals surface area (Å²) < 4.78 is 7.48. The highest BCUT2D eigenvalue weighted by Crippen LogP contribution is 2.18. The van der Waals surface area contributed by atoms with Gasteiger partial charge >= 0.3 is 0 Å². The predicted octanol–water partition coefficient (Wildman–Crippen LogP) is 2.98. The smallest absolute Gasteiger partial charge is 0.246 e. The van der Waals surface area contributed by atoms with Crippen LogP contribution in [0.1, 0.15) is 37.8 Å². The Labute approximate surface area is 117 Å². The molecular weight excluding hydrogens is 252 g/mol. The van der Waals surface area contributed by atoms with E-state index in [2.05, 4.69) is 39.6 Å². The summed E-state index contributed by atoms with van der Waals surface area (Å²) in [6.45, 7) is 4.79. The highest BCUT2D eigenvalue weighted by molar-refractivity contribution is 5.75. The zero-order valence-electron chi connectivity index (χ0n) is 11.8. The summed E-state index contributed by atoms with van der Waals surface area (Å²) in [7, 11) is 0. The van der Waals surface area contributed by atoms with E-state index in [-0.39, 0.29) is 0 Å². The van der Waals surface area contributed by atoms with Gasteiger partial charge in [-0.3, -0.25) is 0 Å². The largest absolute Gasteiger partial charge is 0.337 e. The number of fused-ring (bicyclic) bond motifs is 1. The van der Waals surface area contributed by atoms with Crippen LogP contribution >= 0.6 is 0 Å². The fraction of sp³-hybridized carbons (Fsp3) is 0.400. The average Bonchev–Trinajstić information content (AvgIpc) is 3.05. The van der Waals surface area contributed by atoms with E-state index in [4.69, 9.17) is 4.52 Å². The zero-order valence-corrected chi connectivity index (χ0v) is 11.8. The third-order valence-corrected chi connectivity index (χ3v) is 3.33. The van der Waals surface area contributed by atoms with Gasteiger partial charge in [0.25, 0.3) is 0 Å². The molecule has 5 nitrogen and oxygen atoms in total. The van der Waals surface area contributed by atoms with Crippen molar-refractivity contribution in [3.05, 3.63) is 41.8 Å². The first-order chi connectivity index (χ1) is 9.81. The molecule has 0 N–H and O–H groups in total. The lowest BCUT2D eigenvalue weighted by atomic mass is 10.3. The van der Waals surface area contributed by atoms with Gasteiger partial charge in [0.2, 0.25) is 5.89 Å². The van der Waals surface area contributed by atoms with Crippen LogP contribution in [-0.4, -0.2) is 19.7 Å². The normalized spacial score (nSPS) is 11.3. The number of hydrogen-bond donors (Lipinski definition) is 0. The number of nitrogens with zero attached hydrogens (tertiary/aromatic N) is 4. The molecule has 2 heterocycles. The maximum absolute atomic E-state index is 5.33. The number of imidazole rings is 1. The van der Waals surface area contributed by atoms with Gasteiger partial charge in [0.05, 0.1) is 11.0 Å². The molecule has 0 aliphatic heterocycles. The Morgan fingerprint density at radius 1 is 1.15 bits per heavy atom. The molecule has 1 aromatic carbocycles. The van der Waals surface area contributed by atoms with E-state index in [1.807, 2.05) is 18.2 Å². The van der Waals surface area contributed by atoms with Crippen molar-refractivity contribution in [2.75, 3.05) is 0 Å². The van der Waals surface area contributed by atoms with E-state index in [0.29, 0.717) is 12.4 Å². The van der Waals surface area contributed by atoms with Crippen LogP contribution < -0.4 is 0 Å². The monoisotopic (exact) mass is 270 g/mol. The molecule has 104 valence electrons. The Kier molecular flexibility index (Phi) is 3.50. The van der Waals surface area contributed by atoms with E-state index >= 15 is 0 Å². The fourth-order valence-electron chi connectivity index (χ4n) is 2.39. The van der Waals surface area contributed by atoms with Crippen LogP contribution in [-0.2, 0) is 19.4 Å². The van der Waals surface area contributed by atoms with Gasteiger partial charge in [0, 0.05) is 12.8 Å². The Bertz CT molecular complexity index is 714. The predicted molar refractivity (Wildman–Crippen MR) is 76.5 cm³/mol. The van der Waals surface area contributed by atoms with Crippen molar-refractivity contribution in [3.8, 4) is 0 Å². The molecule has 0 fully saturated rings. The van der Waals surface area contributed by atoms with E-state index < -0.39 is 0 Å². The molecule has 5 heteroatoms. The second-order valence-electron chi connectivity index (χ2n) is 4.81. The van der Waals surface area contributed by atoms with Gasteiger partial charge in [0.15, 0.2) is 5.82 Å². The molecule has 3 rings (SSSR count). The average molecular weight is 270 g/mol. The first kappa shape index (κ1) is 12.8. The fourth-order valence-corrected chi connectivity index (χ4v) is 2.39. The van der Waals surface area contributed by atoms with Crippen LogP contribution in [0.2, 0.25) is 0 Å². The topological polar surface area (TPSA) is 56.7 Å². The van der Waals surface area contributed by atoms with Gasteiger partial charge in [-0.25, -0.2) is 4.98 Å². The molecule has 0 amide bonds. The minimum absolute atomic E-state index is 0.584. The minimum atomic E-state index is 0.584. The van der Waals surface area contributed by atoms with Crippen molar-refractivity contribution < 1.29 is 4.52 Å². The van der Waals surface area contributed by atoms with Crippen molar-refractivity contribution in [1.29, 1.82) is 0 Å². The zero-order chi connectivity index (χ0) is 13.9.